The van der Waals surface area contributed by atoms with Crippen molar-refractivity contribution in [1.29, 1.82) is 0 Å². The molecule has 0 aromatic heterocycles. The van der Waals surface area contributed by atoms with Crippen molar-refractivity contribution in [2.45, 2.75) is 12.5 Å². The molecule has 2 aliphatic rings. The molecule has 1 aromatic carbocycles. The maximum absolute atomic E-state index is 5.34. The number of hydrogen-bond acceptors (Lipinski definition) is 4. The summed E-state index contributed by atoms with van der Waals surface area (Å²) in [6.45, 7) is 0.345. The summed E-state index contributed by atoms with van der Waals surface area (Å²) in [7, 11) is 0. The smallest absolute Gasteiger partial charge is 0.231 e. The summed E-state index contributed by atoms with van der Waals surface area (Å²) in [6.07, 6.45) is 1.25. The monoisotopic (exact) mass is 223 g/mol. The fourth-order valence-corrected chi connectivity index (χ4v) is 3.02. The molecule has 1 atom stereocenters. The Kier molecular flexibility index (Phi) is 2.37. The molecule has 3 nitrogen and oxygen atoms in total. The van der Waals surface area contributed by atoms with Crippen molar-refractivity contribution in [3.8, 4) is 11.5 Å². The third-order valence-corrected chi connectivity index (χ3v) is 3.84. The zero-order valence-corrected chi connectivity index (χ0v) is 9.18. The van der Waals surface area contributed by atoms with Crippen LogP contribution in [0.25, 0.3) is 0 Å². The summed E-state index contributed by atoms with van der Waals surface area (Å²) in [5.74, 6) is 4.17. The maximum Gasteiger partial charge on any atom is 0.231 e. The number of hydrogen-bond donors (Lipinski definition) is 1. The van der Waals surface area contributed by atoms with E-state index >= 15 is 0 Å². The quantitative estimate of drug-likeness (QED) is 0.833. The van der Waals surface area contributed by atoms with Gasteiger partial charge in [0.1, 0.15) is 0 Å². The molecule has 15 heavy (non-hydrogen) atoms. The second-order valence-electron chi connectivity index (χ2n) is 3.77. The minimum absolute atomic E-state index is 0.345. The van der Waals surface area contributed by atoms with E-state index in [2.05, 4.69) is 11.4 Å². The molecule has 2 aliphatic heterocycles. The van der Waals surface area contributed by atoms with E-state index in [4.69, 9.17) is 9.47 Å². The van der Waals surface area contributed by atoms with Crippen LogP contribution in [0.5, 0.6) is 11.5 Å². The van der Waals surface area contributed by atoms with E-state index in [1.165, 1.54) is 17.9 Å². The first-order valence-electron chi connectivity index (χ1n) is 5.16. The lowest BCUT2D eigenvalue weighted by atomic mass is 10.2. The topological polar surface area (TPSA) is 30.5 Å². The normalized spacial score (nSPS) is 23.1. The SMILES string of the molecule is c1cc2c(cc1N[C@@H]1CCSC1)OCO2. The fourth-order valence-electron chi connectivity index (χ4n) is 1.87. The minimum Gasteiger partial charge on any atom is -0.454 e. The van der Waals surface area contributed by atoms with E-state index in [-0.39, 0.29) is 0 Å². The molecule has 0 radical (unpaired) electrons. The first kappa shape index (κ1) is 9.21. The van der Waals surface area contributed by atoms with Crippen molar-refractivity contribution >= 4 is 17.4 Å². The number of anilines is 1. The van der Waals surface area contributed by atoms with Gasteiger partial charge in [0.05, 0.1) is 0 Å². The van der Waals surface area contributed by atoms with Crippen LogP contribution in [-0.4, -0.2) is 24.3 Å². The van der Waals surface area contributed by atoms with Gasteiger partial charge >= 0.3 is 0 Å². The Morgan fingerprint density at radius 3 is 3.07 bits per heavy atom. The van der Waals surface area contributed by atoms with Crippen LogP contribution in [0.3, 0.4) is 0 Å². The first-order chi connectivity index (χ1) is 7.42. The highest BCUT2D eigenvalue weighted by Crippen LogP contribution is 2.34. The summed E-state index contributed by atoms with van der Waals surface area (Å²) >= 11 is 2.01. The molecule has 1 fully saturated rings. The van der Waals surface area contributed by atoms with Gasteiger partial charge in [-0.25, -0.2) is 0 Å². The van der Waals surface area contributed by atoms with E-state index in [0.717, 1.165) is 17.2 Å². The zero-order valence-electron chi connectivity index (χ0n) is 8.36. The summed E-state index contributed by atoms with van der Waals surface area (Å²) < 4.78 is 10.6. The van der Waals surface area contributed by atoms with Crippen LogP contribution in [0.2, 0.25) is 0 Å². The van der Waals surface area contributed by atoms with Crippen molar-refractivity contribution in [1.82, 2.24) is 0 Å². The van der Waals surface area contributed by atoms with Crippen molar-refractivity contribution in [2.75, 3.05) is 23.6 Å². The summed E-state index contributed by atoms with van der Waals surface area (Å²) in [6, 6.07) is 6.64. The van der Waals surface area contributed by atoms with Crippen molar-refractivity contribution in [3.63, 3.8) is 0 Å². The molecule has 1 aromatic rings. The Hall–Kier alpha value is -1.03. The van der Waals surface area contributed by atoms with Crippen molar-refractivity contribution < 1.29 is 9.47 Å². The van der Waals surface area contributed by atoms with Crippen molar-refractivity contribution in [3.05, 3.63) is 18.2 Å². The third kappa shape index (κ3) is 1.86. The molecule has 0 amide bonds. The van der Waals surface area contributed by atoms with E-state index in [1.54, 1.807) is 0 Å². The molecule has 1 N–H and O–H groups in total. The molecule has 0 spiro atoms. The molecule has 2 heterocycles. The lowest BCUT2D eigenvalue weighted by molar-refractivity contribution is 0.174. The largest absolute Gasteiger partial charge is 0.454 e. The lowest BCUT2D eigenvalue weighted by Gasteiger charge is -2.12. The predicted octanol–water partition coefficient (Wildman–Crippen LogP) is 2.33. The van der Waals surface area contributed by atoms with Gasteiger partial charge in [-0.15, -0.1) is 0 Å². The Morgan fingerprint density at radius 1 is 1.27 bits per heavy atom. The van der Waals surface area contributed by atoms with Gasteiger partial charge in [-0.3, -0.25) is 0 Å². The molecule has 4 heteroatoms. The molecule has 3 rings (SSSR count). The number of fused-ring (bicyclic) bond motifs is 1. The molecular formula is C11H13NO2S. The van der Waals surface area contributed by atoms with E-state index < -0.39 is 0 Å². The van der Waals surface area contributed by atoms with Gasteiger partial charge in [-0.1, -0.05) is 0 Å². The lowest BCUT2D eigenvalue weighted by Crippen LogP contribution is -2.17. The first-order valence-corrected chi connectivity index (χ1v) is 6.31. The minimum atomic E-state index is 0.345. The van der Waals surface area contributed by atoms with E-state index in [9.17, 15) is 0 Å². The second kappa shape index (κ2) is 3.85. The molecular weight excluding hydrogens is 210 g/mol. The average Bonchev–Trinajstić information content (AvgIpc) is 2.87. The molecule has 0 saturated carbocycles. The van der Waals surface area contributed by atoms with Crippen LogP contribution >= 0.6 is 11.8 Å². The zero-order chi connectivity index (χ0) is 10.1. The third-order valence-electron chi connectivity index (χ3n) is 2.67. The van der Waals surface area contributed by atoms with Crippen LogP contribution in [0.1, 0.15) is 6.42 Å². The number of benzene rings is 1. The van der Waals surface area contributed by atoms with Crippen LogP contribution < -0.4 is 14.8 Å². The molecule has 1 saturated heterocycles. The van der Waals surface area contributed by atoms with Crippen molar-refractivity contribution in [2.24, 2.45) is 0 Å². The molecule has 0 bridgehead atoms. The highest BCUT2D eigenvalue weighted by Gasteiger charge is 2.17. The van der Waals surface area contributed by atoms with E-state index in [1.807, 2.05) is 23.9 Å². The predicted molar refractivity (Wildman–Crippen MR) is 61.9 cm³/mol. The van der Waals surface area contributed by atoms with Crippen LogP contribution in [0, 0.1) is 0 Å². The van der Waals surface area contributed by atoms with Gasteiger partial charge < -0.3 is 14.8 Å². The summed E-state index contributed by atoms with van der Waals surface area (Å²) in [5.41, 5.74) is 1.13. The number of nitrogens with one attached hydrogen (secondary N) is 1. The van der Waals surface area contributed by atoms with Gasteiger partial charge in [0, 0.05) is 23.5 Å². The fraction of sp³-hybridized carbons (Fsp3) is 0.455. The number of rotatable bonds is 2. The Labute approximate surface area is 93.1 Å². The van der Waals surface area contributed by atoms with Gasteiger partial charge in [-0.2, -0.15) is 11.8 Å². The van der Waals surface area contributed by atoms with Crippen LogP contribution in [-0.2, 0) is 0 Å². The van der Waals surface area contributed by atoms with Gasteiger partial charge in [-0.05, 0) is 24.3 Å². The van der Waals surface area contributed by atoms with Gasteiger partial charge in [0.15, 0.2) is 11.5 Å². The Bertz CT molecular complexity index is 364. The molecule has 80 valence electrons. The average molecular weight is 223 g/mol. The summed E-state index contributed by atoms with van der Waals surface area (Å²) in [4.78, 5) is 0. The highest BCUT2D eigenvalue weighted by atomic mass is 32.2. The number of thioether (sulfide) groups is 1. The Morgan fingerprint density at radius 2 is 2.20 bits per heavy atom. The second-order valence-corrected chi connectivity index (χ2v) is 4.92. The standard InChI is InChI=1S/C11H13NO2S/c1-2-10-11(14-7-13-10)5-8(1)12-9-3-4-15-6-9/h1-2,5,9,12H,3-4,6-7H2/t9-/m1/s1. The van der Waals surface area contributed by atoms with Crippen LogP contribution in [0.15, 0.2) is 18.2 Å². The number of ether oxygens (including phenoxy) is 2. The Balaban J connectivity index is 1.75. The summed E-state index contributed by atoms with van der Waals surface area (Å²) in [5, 5.41) is 3.51. The van der Waals surface area contributed by atoms with Gasteiger partial charge in [0.25, 0.3) is 0 Å². The van der Waals surface area contributed by atoms with E-state index in [0.29, 0.717) is 12.8 Å². The van der Waals surface area contributed by atoms with Crippen LogP contribution in [0.4, 0.5) is 5.69 Å². The highest BCUT2D eigenvalue weighted by molar-refractivity contribution is 7.99. The van der Waals surface area contributed by atoms with Gasteiger partial charge in [0.2, 0.25) is 6.79 Å². The molecule has 0 aliphatic carbocycles. The maximum atomic E-state index is 5.34. The molecule has 0 unspecified atom stereocenters.